The van der Waals surface area contributed by atoms with Crippen LogP contribution in [0.15, 0.2) is 48.5 Å². The standard InChI is InChI=1S/C20H23N3O2S2/c1-3-12-22(13-19(24)21-15-8-4-6-10-17(15)25-2)14-23-16-9-5-7-11-18(16)27-20(23)26/h4-11H,3,12-14H2,1-2H3,(H,21,24)/p+1. The number of anilines is 1. The Hall–Kier alpha value is -2.22. The second-order valence-corrected chi connectivity index (χ2v) is 8.02. The highest BCUT2D eigenvalue weighted by Gasteiger charge is 2.17. The smallest absolute Gasteiger partial charge is 0.279 e. The molecule has 0 aliphatic carbocycles. The molecule has 0 radical (unpaired) electrons. The summed E-state index contributed by atoms with van der Waals surface area (Å²) < 4.78 is 9.47. The number of hydrogen-bond donors (Lipinski definition) is 2. The molecular formula is C20H24N3O2S2+. The Morgan fingerprint density at radius 3 is 2.74 bits per heavy atom. The molecule has 1 heterocycles. The number of rotatable bonds is 8. The third kappa shape index (κ3) is 4.74. The van der Waals surface area contributed by atoms with Crippen LogP contribution in [0.3, 0.4) is 0 Å². The highest BCUT2D eigenvalue weighted by molar-refractivity contribution is 7.73. The van der Waals surface area contributed by atoms with Gasteiger partial charge in [-0.2, -0.15) is 0 Å². The van der Waals surface area contributed by atoms with E-state index in [-0.39, 0.29) is 5.91 Å². The van der Waals surface area contributed by atoms with Crippen LogP contribution in [-0.4, -0.2) is 30.7 Å². The van der Waals surface area contributed by atoms with Crippen LogP contribution < -0.4 is 15.0 Å². The third-order valence-corrected chi connectivity index (χ3v) is 5.78. The van der Waals surface area contributed by atoms with Crippen molar-refractivity contribution in [3.05, 3.63) is 52.5 Å². The van der Waals surface area contributed by atoms with Gasteiger partial charge in [0.1, 0.15) is 5.75 Å². The van der Waals surface area contributed by atoms with E-state index in [4.69, 9.17) is 17.0 Å². The van der Waals surface area contributed by atoms with E-state index in [9.17, 15) is 4.79 Å². The fourth-order valence-corrected chi connectivity index (χ4v) is 4.46. The second-order valence-electron chi connectivity index (χ2n) is 6.35. The van der Waals surface area contributed by atoms with E-state index in [1.54, 1.807) is 18.4 Å². The number of thiazole rings is 1. The van der Waals surface area contributed by atoms with Crippen molar-refractivity contribution in [3.63, 3.8) is 0 Å². The molecule has 1 unspecified atom stereocenters. The third-order valence-electron chi connectivity index (χ3n) is 4.35. The SMILES string of the molecule is CCC[NH+](CC(=O)Nc1ccccc1OC)Cn1c(=S)sc2ccccc21. The summed E-state index contributed by atoms with van der Waals surface area (Å²) in [6.07, 6.45) is 0.993. The minimum absolute atomic E-state index is 0.0333. The summed E-state index contributed by atoms with van der Waals surface area (Å²) in [5.74, 6) is 0.628. The normalized spacial score (nSPS) is 12.1. The Labute approximate surface area is 168 Å². The van der Waals surface area contributed by atoms with Crippen molar-refractivity contribution in [2.75, 3.05) is 25.5 Å². The van der Waals surface area contributed by atoms with Crippen molar-refractivity contribution in [3.8, 4) is 5.75 Å². The van der Waals surface area contributed by atoms with E-state index >= 15 is 0 Å². The summed E-state index contributed by atoms with van der Waals surface area (Å²) in [6.45, 7) is 4.07. The van der Waals surface area contributed by atoms with Crippen LogP contribution in [0, 0.1) is 3.95 Å². The number of nitrogens with zero attached hydrogens (tertiary/aromatic N) is 1. The van der Waals surface area contributed by atoms with Gasteiger partial charge in [0.05, 0.1) is 29.6 Å². The Kier molecular flexibility index (Phi) is 6.60. The van der Waals surface area contributed by atoms with Gasteiger partial charge in [0, 0.05) is 0 Å². The lowest BCUT2D eigenvalue weighted by Crippen LogP contribution is -3.12. The van der Waals surface area contributed by atoms with Gasteiger partial charge in [-0.3, -0.25) is 9.36 Å². The van der Waals surface area contributed by atoms with Gasteiger partial charge in [-0.25, -0.2) is 0 Å². The summed E-state index contributed by atoms with van der Waals surface area (Å²) in [6, 6.07) is 15.7. The van der Waals surface area contributed by atoms with Crippen LogP contribution in [0.1, 0.15) is 13.3 Å². The summed E-state index contributed by atoms with van der Waals surface area (Å²) in [7, 11) is 1.60. The average Bonchev–Trinajstić information content (AvgIpc) is 2.98. The number of ether oxygens (including phenoxy) is 1. The average molecular weight is 403 g/mol. The van der Waals surface area contributed by atoms with Crippen molar-refractivity contribution >= 4 is 45.4 Å². The van der Waals surface area contributed by atoms with E-state index in [1.807, 2.05) is 36.4 Å². The molecule has 3 rings (SSSR count). The van der Waals surface area contributed by atoms with E-state index in [1.165, 1.54) is 9.60 Å². The molecule has 3 aromatic rings. The van der Waals surface area contributed by atoms with Crippen LogP contribution in [0.4, 0.5) is 5.69 Å². The van der Waals surface area contributed by atoms with Gasteiger partial charge in [0.25, 0.3) is 5.91 Å². The summed E-state index contributed by atoms with van der Waals surface area (Å²) >= 11 is 7.17. The minimum atomic E-state index is -0.0333. The molecule has 2 N–H and O–H groups in total. The molecule has 5 nitrogen and oxygen atoms in total. The predicted molar refractivity (Wildman–Crippen MR) is 113 cm³/mol. The number of hydrogen-bond acceptors (Lipinski definition) is 4. The van der Waals surface area contributed by atoms with Gasteiger partial charge in [0.2, 0.25) is 0 Å². The Morgan fingerprint density at radius 1 is 1.22 bits per heavy atom. The highest BCUT2D eigenvalue weighted by Crippen LogP contribution is 2.23. The van der Waals surface area contributed by atoms with Gasteiger partial charge >= 0.3 is 0 Å². The number of quaternary nitrogens is 1. The number of carbonyl (C=O) groups excluding carboxylic acids is 1. The quantitative estimate of drug-likeness (QED) is 0.568. The van der Waals surface area contributed by atoms with Crippen molar-refractivity contribution in [1.82, 2.24) is 4.57 Å². The second kappa shape index (κ2) is 9.12. The predicted octanol–water partition coefficient (Wildman–Crippen LogP) is 3.33. The first-order valence-corrected chi connectivity index (χ1v) is 10.2. The summed E-state index contributed by atoms with van der Waals surface area (Å²) in [4.78, 5) is 13.8. The molecule has 2 aromatic carbocycles. The number of fused-ring (bicyclic) bond motifs is 1. The van der Waals surface area contributed by atoms with Crippen molar-refractivity contribution in [2.45, 2.75) is 20.0 Å². The number of nitrogens with one attached hydrogen (secondary N) is 2. The largest absolute Gasteiger partial charge is 0.495 e. The number of methoxy groups -OCH3 is 1. The maximum Gasteiger partial charge on any atom is 0.279 e. The van der Waals surface area contributed by atoms with Crippen LogP contribution in [-0.2, 0) is 11.5 Å². The molecule has 0 bridgehead atoms. The zero-order chi connectivity index (χ0) is 19.2. The number of benzene rings is 2. The molecule has 1 amide bonds. The molecule has 27 heavy (non-hydrogen) atoms. The molecule has 142 valence electrons. The fraction of sp³-hybridized carbons (Fsp3) is 0.300. The lowest BCUT2D eigenvalue weighted by atomic mass is 10.3. The molecule has 0 saturated carbocycles. The van der Waals surface area contributed by atoms with Crippen molar-refractivity contribution in [2.24, 2.45) is 0 Å². The first-order chi connectivity index (χ1) is 13.1. The molecule has 0 aliphatic rings. The summed E-state index contributed by atoms with van der Waals surface area (Å²) in [5.41, 5.74) is 1.82. The maximum atomic E-state index is 12.6. The van der Waals surface area contributed by atoms with E-state index in [0.29, 0.717) is 24.7 Å². The lowest BCUT2D eigenvalue weighted by Gasteiger charge is -2.20. The van der Waals surface area contributed by atoms with Crippen LogP contribution >= 0.6 is 23.6 Å². The van der Waals surface area contributed by atoms with Gasteiger partial charge < -0.3 is 15.0 Å². The van der Waals surface area contributed by atoms with Gasteiger partial charge in [0.15, 0.2) is 17.2 Å². The Morgan fingerprint density at radius 2 is 1.96 bits per heavy atom. The Bertz CT molecular complexity index is 981. The van der Waals surface area contributed by atoms with Crippen LogP contribution in [0.2, 0.25) is 0 Å². The molecular weight excluding hydrogens is 378 g/mol. The van der Waals surface area contributed by atoms with Gasteiger partial charge in [-0.15, -0.1) is 11.3 Å². The molecule has 1 aromatic heterocycles. The number of amides is 1. The van der Waals surface area contributed by atoms with E-state index in [2.05, 4.69) is 28.9 Å². The van der Waals surface area contributed by atoms with E-state index < -0.39 is 0 Å². The molecule has 1 atom stereocenters. The van der Waals surface area contributed by atoms with Crippen LogP contribution in [0.5, 0.6) is 5.75 Å². The first kappa shape index (κ1) is 19.5. The number of aromatic nitrogens is 1. The van der Waals surface area contributed by atoms with Gasteiger partial charge in [-0.05, 0) is 42.9 Å². The number of para-hydroxylation sites is 3. The maximum absolute atomic E-state index is 12.6. The topological polar surface area (TPSA) is 47.7 Å². The molecule has 0 fully saturated rings. The van der Waals surface area contributed by atoms with Gasteiger partial charge in [-0.1, -0.05) is 31.2 Å². The highest BCUT2D eigenvalue weighted by atomic mass is 32.1. The Balaban J connectivity index is 1.74. The van der Waals surface area contributed by atoms with Crippen molar-refractivity contribution < 1.29 is 14.4 Å². The lowest BCUT2D eigenvalue weighted by molar-refractivity contribution is -0.914. The fourth-order valence-electron chi connectivity index (χ4n) is 3.13. The zero-order valence-corrected chi connectivity index (χ0v) is 17.2. The number of carbonyl (C=O) groups is 1. The zero-order valence-electron chi connectivity index (χ0n) is 15.5. The van der Waals surface area contributed by atoms with E-state index in [0.717, 1.165) is 22.4 Å². The monoisotopic (exact) mass is 402 g/mol. The molecule has 0 aliphatic heterocycles. The molecule has 7 heteroatoms. The molecule has 0 spiro atoms. The summed E-state index contributed by atoms with van der Waals surface area (Å²) in [5, 5.41) is 2.96. The molecule has 0 saturated heterocycles. The first-order valence-electron chi connectivity index (χ1n) is 8.97. The minimum Gasteiger partial charge on any atom is -0.495 e. The van der Waals surface area contributed by atoms with Crippen molar-refractivity contribution in [1.29, 1.82) is 0 Å². The van der Waals surface area contributed by atoms with Crippen LogP contribution in [0.25, 0.3) is 10.2 Å².